The minimum absolute atomic E-state index is 0.127. The second kappa shape index (κ2) is 6.04. The smallest absolute Gasteiger partial charge is 0.257 e. The lowest BCUT2D eigenvalue weighted by Gasteiger charge is -2.29. The van der Waals surface area contributed by atoms with Crippen LogP contribution in [0.3, 0.4) is 0 Å². The molecule has 0 fully saturated rings. The summed E-state index contributed by atoms with van der Waals surface area (Å²) >= 11 is 3.28. The average molecular weight is 365 g/mol. The Hall–Kier alpha value is -1.95. The highest BCUT2D eigenvalue weighted by Gasteiger charge is 2.29. The maximum absolute atomic E-state index is 14.0. The molecule has 0 bridgehead atoms. The molecule has 4 nitrogen and oxygen atoms in total. The van der Waals surface area contributed by atoms with Crippen LogP contribution >= 0.6 is 15.9 Å². The maximum atomic E-state index is 14.0. The minimum Gasteiger partial charge on any atom is -0.497 e. The highest BCUT2D eigenvalue weighted by atomic mass is 79.9. The van der Waals surface area contributed by atoms with E-state index in [1.54, 1.807) is 12.0 Å². The van der Waals surface area contributed by atoms with Crippen molar-refractivity contribution in [2.45, 2.75) is 13.0 Å². The summed E-state index contributed by atoms with van der Waals surface area (Å²) in [5.74, 6) is -0.0968. The number of aromatic nitrogens is 1. The molecule has 0 N–H and O–H groups in total. The van der Waals surface area contributed by atoms with E-state index in [1.165, 1.54) is 0 Å². The van der Waals surface area contributed by atoms with Crippen molar-refractivity contribution in [1.82, 2.24) is 9.88 Å². The number of carbonyl (C=O) groups excluding carboxylic acids is 1. The number of hydrogen-bond donors (Lipinski definition) is 0. The number of nitrogens with zero attached hydrogens (tertiary/aromatic N) is 2. The predicted octanol–water partition coefficient (Wildman–Crippen LogP) is 3.19. The number of carbonyl (C=O) groups is 1. The molecule has 22 heavy (non-hydrogen) atoms. The van der Waals surface area contributed by atoms with Gasteiger partial charge in [0.25, 0.3) is 5.91 Å². The van der Waals surface area contributed by atoms with Gasteiger partial charge in [0.15, 0.2) is 5.82 Å². The molecule has 0 spiro atoms. The lowest BCUT2D eigenvalue weighted by Crippen LogP contribution is -2.38. The maximum Gasteiger partial charge on any atom is 0.257 e. The molecular weight excluding hydrogens is 351 g/mol. The Labute approximate surface area is 136 Å². The standard InChI is InChI=1S/C16H14BrFN2O2/c1-22-11-4-2-10(3-5-11)9-20-7-6-12-14(16(20)21)13(18)8-19-15(12)17/h2-5,8H,6-7,9H2,1H3. The molecule has 1 aromatic heterocycles. The zero-order chi connectivity index (χ0) is 15.7. The zero-order valence-electron chi connectivity index (χ0n) is 12.0. The van der Waals surface area contributed by atoms with Crippen molar-refractivity contribution in [2.75, 3.05) is 13.7 Å². The van der Waals surface area contributed by atoms with Crippen molar-refractivity contribution < 1.29 is 13.9 Å². The number of ether oxygens (including phenoxy) is 1. The van der Waals surface area contributed by atoms with Gasteiger partial charge in [0, 0.05) is 18.7 Å². The van der Waals surface area contributed by atoms with E-state index in [0.29, 0.717) is 29.7 Å². The molecule has 114 valence electrons. The van der Waals surface area contributed by atoms with E-state index in [1.807, 2.05) is 24.3 Å². The van der Waals surface area contributed by atoms with Gasteiger partial charge < -0.3 is 9.64 Å². The van der Waals surface area contributed by atoms with Crippen molar-refractivity contribution in [2.24, 2.45) is 0 Å². The normalized spacial score (nSPS) is 14.0. The van der Waals surface area contributed by atoms with Crippen molar-refractivity contribution in [3.8, 4) is 5.75 Å². The summed E-state index contributed by atoms with van der Waals surface area (Å²) in [4.78, 5) is 18.1. The van der Waals surface area contributed by atoms with Crippen LogP contribution < -0.4 is 4.74 Å². The number of pyridine rings is 1. The quantitative estimate of drug-likeness (QED) is 0.785. The van der Waals surface area contributed by atoms with Gasteiger partial charge in [-0.05, 0) is 40.0 Å². The molecule has 6 heteroatoms. The third kappa shape index (κ3) is 2.70. The van der Waals surface area contributed by atoms with Crippen LogP contribution in [0.5, 0.6) is 5.75 Å². The zero-order valence-corrected chi connectivity index (χ0v) is 13.6. The van der Waals surface area contributed by atoms with Gasteiger partial charge in [-0.3, -0.25) is 4.79 Å². The second-order valence-corrected chi connectivity index (χ2v) is 5.83. The van der Waals surface area contributed by atoms with E-state index in [4.69, 9.17) is 4.74 Å². The van der Waals surface area contributed by atoms with E-state index in [0.717, 1.165) is 17.5 Å². The summed E-state index contributed by atoms with van der Waals surface area (Å²) in [5, 5.41) is 0. The van der Waals surface area contributed by atoms with Gasteiger partial charge in [0.2, 0.25) is 0 Å². The number of rotatable bonds is 3. The minimum atomic E-state index is -0.567. The number of methoxy groups -OCH3 is 1. The molecule has 1 aliphatic rings. The Bertz CT molecular complexity index is 719. The van der Waals surface area contributed by atoms with E-state index >= 15 is 0 Å². The molecule has 0 saturated carbocycles. The third-order valence-corrected chi connectivity index (χ3v) is 4.43. The fraction of sp³-hybridized carbons (Fsp3) is 0.250. The molecule has 0 unspecified atom stereocenters. The molecule has 2 heterocycles. The highest BCUT2D eigenvalue weighted by Crippen LogP contribution is 2.27. The van der Waals surface area contributed by atoms with E-state index in [9.17, 15) is 9.18 Å². The van der Waals surface area contributed by atoms with Crippen LogP contribution in [-0.2, 0) is 13.0 Å². The first-order valence-electron chi connectivity index (χ1n) is 6.85. The molecule has 0 saturated heterocycles. The Morgan fingerprint density at radius 3 is 2.77 bits per heavy atom. The van der Waals surface area contributed by atoms with Crippen LogP contribution in [-0.4, -0.2) is 29.4 Å². The SMILES string of the molecule is COc1ccc(CN2CCc3c(Br)ncc(F)c3C2=O)cc1. The Morgan fingerprint density at radius 1 is 1.36 bits per heavy atom. The second-order valence-electron chi connectivity index (χ2n) is 5.08. The monoisotopic (exact) mass is 364 g/mol. The van der Waals surface area contributed by atoms with Crippen LogP contribution in [0.2, 0.25) is 0 Å². The summed E-state index contributed by atoms with van der Waals surface area (Å²) in [5.41, 5.74) is 1.75. The third-order valence-electron chi connectivity index (χ3n) is 3.75. The van der Waals surface area contributed by atoms with Crippen LogP contribution in [0.1, 0.15) is 21.5 Å². The van der Waals surface area contributed by atoms with Gasteiger partial charge in [-0.2, -0.15) is 0 Å². The Balaban J connectivity index is 1.85. The van der Waals surface area contributed by atoms with Gasteiger partial charge in [-0.25, -0.2) is 9.37 Å². The fourth-order valence-corrected chi connectivity index (χ4v) is 3.07. The summed E-state index contributed by atoms with van der Waals surface area (Å²) in [6.45, 7) is 0.989. The number of halogens is 2. The summed E-state index contributed by atoms with van der Waals surface area (Å²) in [7, 11) is 1.61. The largest absolute Gasteiger partial charge is 0.497 e. The van der Waals surface area contributed by atoms with Gasteiger partial charge >= 0.3 is 0 Å². The van der Waals surface area contributed by atoms with Gasteiger partial charge in [0.05, 0.1) is 18.9 Å². The first kappa shape index (κ1) is 15.0. The van der Waals surface area contributed by atoms with Crippen LogP contribution in [0, 0.1) is 5.82 Å². The number of fused-ring (bicyclic) bond motifs is 1. The lowest BCUT2D eigenvalue weighted by molar-refractivity contribution is 0.0720. The molecule has 1 aromatic carbocycles. The van der Waals surface area contributed by atoms with Crippen molar-refractivity contribution in [1.29, 1.82) is 0 Å². The predicted molar refractivity (Wildman–Crippen MR) is 83.3 cm³/mol. The first-order chi connectivity index (χ1) is 10.6. The average Bonchev–Trinajstić information content (AvgIpc) is 2.54. The molecule has 0 radical (unpaired) electrons. The van der Waals surface area contributed by atoms with Crippen LogP contribution in [0.25, 0.3) is 0 Å². The fourth-order valence-electron chi connectivity index (χ4n) is 2.57. The number of hydrogen-bond acceptors (Lipinski definition) is 3. The van der Waals surface area contributed by atoms with Crippen LogP contribution in [0.15, 0.2) is 35.1 Å². The van der Waals surface area contributed by atoms with Crippen LogP contribution in [0.4, 0.5) is 4.39 Å². The lowest BCUT2D eigenvalue weighted by atomic mass is 10.0. The molecular formula is C16H14BrFN2O2. The molecule has 1 aliphatic heterocycles. The van der Waals surface area contributed by atoms with Gasteiger partial charge in [-0.15, -0.1) is 0 Å². The Kier molecular flexibility index (Phi) is 4.11. The molecule has 3 rings (SSSR count). The van der Waals surface area contributed by atoms with E-state index in [2.05, 4.69) is 20.9 Å². The van der Waals surface area contributed by atoms with Gasteiger partial charge in [0.1, 0.15) is 10.4 Å². The number of amides is 1. The van der Waals surface area contributed by atoms with Crippen molar-refractivity contribution in [3.63, 3.8) is 0 Å². The number of benzene rings is 1. The van der Waals surface area contributed by atoms with E-state index < -0.39 is 5.82 Å². The summed E-state index contributed by atoms with van der Waals surface area (Å²) in [6.07, 6.45) is 1.67. The molecule has 0 atom stereocenters. The summed E-state index contributed by atoms with van der Waals surface area (Å²) in [6, 6.07) is 7.50. The highest BCUT2D eigenvalue weighted by molar-refractivity contribution is 9.10. The van der Waals surface area contributed by atoms with Gasteiger partial charge in [-0.1, -0.05) is 12.1 Å². The summed E-state index contributed by atoms with van der Waals surface area (Å²) < 4.78 is 19.6. The molecule has 2 aromatic rings. The Morgan fingerprint density at radius 2 is 2.09 bits per heavy atom. The topological polar surface area (TPSA) is 42.4 Å². The molecule has 1 amide bonds. The first-order valence-corrected chi connectivity index (χ1v) is 7.64. The van der Waals surface area contributed by atoms with Crippen molar-refractivity contribution in [3.05, 3.63) is 57.6 Å². The molecule has 0 aliphatic carbocycles. The van der Waals surface area contributed by atoms with Crippen molar-refractivity contribution >= 4 is 21.8 Å². The van der Waals surface area contributed by atoms with E-state index in [-0.39, 0.29) is 11.5 Å².